The van der Waals surface area contributed by atoms with Crippen molar-refractivity contribution in [2.24, 2.45) is 0 Å². The number of fused-ring (bicyclic) bond motifs is 10. The van der Waals surface area contributed by atoms with E-state index in [1.165, 1.54) is 77.8 Å². The average Bonchev–Trinajstić information content (AvgIpc) is 3.82. The molecule has 0 amide bonds. The summed E-state index contributed by atoms with van der Waals surface area (Å²) in [6.07, 6.45) is 2.34. The zero-order valence-electron chi connectivity index (χ0n) is 39.5. The van der Waals surface area contributed by atoms with Gasteiger partial charge in [0.2, 0.25) is 0 Å². The first-order valence-corrected chi connectivity index (χ1v) is 24.1. The zero-order chi connectivity index (χ0) is 46.1. The lowest BCUT2D eigenvalue weighted by molar-refractivity contribution is 0.332. The van der Waals surface area contributed by atoms with Crippen LogP contribution in [0.2, 0.25) is 0 Å². The van der Waals surface area contributed by atoms with Gasteiger partial charge in [0.1, 0.15) is 0 Å². The average molecular weight is 877 g/mol. The smallest absolute Gasteiger partial charge is 0.164 e. The largest absolute Gasteiger partial charge is 0.309 e. The molecule has 0 radical (unpaired) electrons. The summed E-state index contributed by atoms with van der Waals surface area (Å²) in [5, 5.41) is 7.47. The van der Waals surface area contributed by atoms with Gasteiger partial charge >= 0.3 is 0 Å². The second-order valence-electron chi connectivity index (χ2n) is 21.1. The molecule has 0 saturated carbocycles. The van der Waals surface area contributed by atoms with E-state index in [0.717, 1.165) is 45.3 Å². The van der Waals surface area contributed by atoms with Crippen molar-refractivity contribution in [3.63, 3.8) is 0 Å². The summed E-state index contributed by atoms with van der Waals surface area (Å²) in [7, 11) is 0. The van der Waals surface area contributed by atoms with Crippen LogP contribution in [-0.4, -0.2) is 19.5 Å². The van der Waals surface area contributed by atoms with E-state index in [4.69, 9.17) is 15.0 Å². The Hall–Kier alpha value is -7.69. The minimum absolute atomic E-state index is 0.0715. The van der Waals surface area contributed by atoms with Crippen molar-refractivity contribution in [1.29, 1.82) is 0 Å². The number of rotatable bonds is 5. The fraction of sp³-hybridized carbons (Fsp3) is 0.172. The first-order valence-electron chi connectivity index (χ1n) is 24.1. The molecule has 0 saturated heterocycles. The van der Waals surface area contributed by atoms with E-state index < -0.39 is 0 Å². The van der Waals surface area contributed by atoms with Crippen LogP contribution in [0.5, 0.6) is 0 Å². The Labute approximate surface area is 398 Å². The first kappa shape index (κ1) is 40.6. The molecule has 2 heterocycles. The van der Waals surface area contributed by atoms with E-state index in [0.29, 0.717) is 17.5 Å². The highest BCUT2D eigenvalue weighted by Gasteiger charge is 2.38. The lowest BCUT2D eigenvalue weighted by Gasteiger charge is -2.42. The summed E-state index contributed by atoms with van der Waals surface area (Å²) in [4.78, 5) is 15.9. The maximum Gasteiger partial charge on any atom is 0.164 e. The summed E-state index contributed by atoms with van der Waals surface area (Å²) in [6.45, 7) is 14.3. The zero-order valence-corrected chi connectivity index (χ0v) is 39.5. The quantitative estimate of drug-likeness (QED) is 0.173. The van der Waals surface area contributed by atoms with Gasteiger partial charge in [-0.1, -0.05) is 181 Å². The van der Waals surface area contributed by atoms with Crippen LogP contribution >= 0.6 is 0 Å². The normalized spacial score (nSPS) is 15.4. The van der Waals surface area contributed by atoms with Crippen molar-refractivity contribution >= 4 is 43.4 Å². The molecular weight excluding hydrogens is 825 g/mol. The molecule has 9 aromatic carbocycles. The summed E-state index contributed by atoms with van der Waals surface area (Å²) >= 11 is 0. The van der Waals surface area contributed by atoms with Crippen LogP contribution in [0.1, 0.15) is 76.6 Å². The molecule has 0 fully saturated rings. The van der Waals surface area contributed by atoms with Crippen LogP contribution in [0, 0.1) is 0 Å². The molecule has 0 unspecified atom stereocenters. The predicted octanol–water partition coefficient (Wildman–Crippen LogP) is 16.6. The van der Waals surface area contributed by atoms with Crippen LogP contribution in [0.4, 0.5) is 0 Å². The van der Waals surface area contributed by atoms with Crippen molar-refractivity contribution in [3.8, 4) is 62.1 Å². The van der Waals surface area contributed by atoms with E-state index >= 15 is 0 Å². The highest BCUT2D eigenvalue weighted by molar-refractivity contribution is 6.22. The number of aromatic nitrogens is 4. The summed E-state index contributed by atoms with van der Waals surface area (Å²) in [5.74, 6) is 1.94. The van der Waals surface area contributed by atoms with E-state index in [2.05, 4.69) is 228 Å². The fourth-order valence-corrected chi connectivity index (χ4v) is 11.8. The van der Waals surface area contributed by atoms with Gasteiger partial charge in [0.05, 0.1) is 16.7 Å². The molecule has 4 nitrogen and oxygen atoms in total. The van der Waals surface area contributed by atoms with Crippen LogP contribution in [0.15, 0.2) is 182 Å². The SMILES string of the molecule is CC1(C)CCC(C)(C)c2cc3c(cc21)c1c2ccccc2ccc1n3-c1cccc2cc(-c3nc(-c4cccc(-c5ccccc5)c4)nc(-c4ccc5c(c4)-c4ccccc4C5(C)C)n3)ccc12. The molecular formula is C64H52N4. The Morgan fingerprint density at radius 1 is 0.368 bits per heavy atom. The Kier molecular flexibility index (Phi) is 8.74. The molecule has 13 rings (SSSR count). The van der Waals surface area contributed by atoms with Gasteiger partial charge < -0.3 is 4.57 Å². The van der Waals surface area contributed by atoms with Crippen LogP contribution < -0.4 is 0 Å². The lowest BCUT2D eigenvalue weighted by atomic mass is 9.63. The number of benzene rings is 9. The molecule has 68 heavy (non-hydrogen) atoms. The minimum atomic E-state index is -0.0956. The van der Waals surface area contributed by atoms with Gasteiger partial charge in [-0.25, -0.2) is 15.0 Å². The molecule has 2 aliphatic rings. The van der Waals surface area contributed by atoms with Crippen molar-refractivity contribution in [3.05, 3.63) is 204 Å². The molecule has 0 atom stereocenters. The molecule has 2 aromatic heterocycles. The second kappa shape index (κ2) is 14.7. The number of nitrogens with zero attached hydrogens (tertiary/aromatic N) is 4. The second-order valence-corrected chi connectivity index (χ2v) is 21.1. The van der Waals surface area contributed by atoms with Crippen molar-refractivity contribution in [1.82, 2.24) is 19.5 Å². The molecule has 2 aliphatic carbocycles. The number of hydrogen-bond donors (Lipinski definition) is 0. The van der Waals surface area contributed by atoms with Crippen LogP contribution in [-0.2, 0) is 16.2 Å². The number of hydrogen-bond acceptors (Lipinski definition) is 3. The predicted molar refractivity (Wildman–Crippen MR) is 284 cm³/mol. The monoisotopic (exact) mass is 876 g/mol. The Morgan fingerprint density at radius 2 is 0.971 bits per heavy atom. The van der Waals surface area contributed by atoms with Crippen LogP contribution in [0.25, 0.3) is 105 Å². The Bertz CT molecular complexity index is 3890. The highest BCUT2D eigenvalue weighted by Crippen LogP contribution is 2.51. The van der Waals surface area contributed by atoms with E-state index in [-0.39, 0.29) is 16.2 Å². The van der Waals surface area contributed by atoms with Gasteiger partial charge in [0.15, 0.2) is 17.5 Å². The Morgan fingerprint density at radius 3 is 1.76 bits per heavy atom. The van der Waals surface area contributed by atoms with Gasteiger partial charge in [-0.3, -0.25) is 0 Å². The third-order valence-electron chi connectivity index (χ3n) is 15.7. The van der Waals surface area contributed by atoms with Gasteiger partial charge in [-0.05, 0) is 127 Å². The van der Waals surface area contributed by atoms with Gasteiger partial charge in [0, 0.05) is 38.3 Å². The highest BCUT2D eigenvalue weighted by atomic mass is 15.0. The van der Waals surface area contributed by atoms with Crippen LogP contribution in [0.3, 0.4) is 0 Å². The Balaban J connectivity index is 1.01. The van der Waals surface area contributed by atoms with Gasteiger partial charge in [0.25, 0.3) is 0 Å². The van der Waals surface area contributed by atoms with E-state index in [1.807, 2.05) is 0 Å². The molecule has 4 heteroatoms. The third-order valence-corrected chi connectivity index (χ3v) is 15.7. The van der Waals surface area contributed by atoms with Crippen molar-refractivity contribution < 1.29 is 0 Å². The maximum atomic E-state index is 5.33. The molecule has 0 aliphatic heterocycles. The van der Waals surface area contributed by atoms with Crippen molar-refractivity contribution in [2.75, 3.05) is 0 Å². The molecule has 0 N–H and O–H groups in total. The molecule has 328 valence electrons. The summed E-state index contributed by atoms with van der Waals surface area (Å²) < 4.78 is 2.53. The topological polar surface area (TPSA) is 43.6 Å². The van der Waals surface area contributed by atoms with E-state index in [9.17, 15) is 0 Å². The minimum Gasteiger partial charge on any atom is -0.309 e. The molecule has 0 spiro atoms. The van der Waals surface area contributed by atoms with Crippen molar-refractivity contribution in [2.45, 2.75) is 70.6 Å². The van der Waals surface area contributed by atoms with Gasteiger partial charge in [-0.15, -0.1) is 0 Å². The lowest BCUT2D eigenvalue weighted by Crippen LogP contribution is -2.33. The third kappa shape index (κ3) is 6.16. The first-order chi connectivity index (χ1) is 32.9. The maximum absolute atomic E-state index is 5.33. The van der Waals surface area contributed by atoms with Gasteiger partial charge in [-0.2, -0.15) is 0 Å². The summed E-state index contributed by atoms with van der Waals surface area (Å²) in [5.41, 5.74) is 16.9. The molecule has 0 bridgehead atoms. The molecule has 11 aromatic rings. The van der Waals surface area contributed by atoms with E-state index in [1.54, 1.807) is 0 Å². The standard InChI is InChI=1S/C64H52N4/c1-62(2)32-33-63(3,4)54-38-57-50(37-53(54)62)58-47-22-11-10-18-40(47)28-31-56(58)68(57)55-25-15-20-42-35-44(26-29-46(42)55)60-65-59(43-21-14-19-41(34-43)39-16-8-7-9-17-39)66-61(67-60)45-27-30-52-49(36-45)48-23-12-13-24-51(48)64(52,5)6/h7-31,34-38H,32-33H2,1-6H3. The fourth-order valence-electron chi connectivity index (χ4n) is 11.8. The summed E-state index contributed by atoms with van der Waals surface area (Å²) in [6, 6.07) is 66.6.